The first kappa shape index (κ1) is 18.6. The highest BCUT2D eigenvalue weighted by atomic mass is 16.4. The van der Waals surface area contributed by atoms with Crippen LogP contribution in [0.25, 0.3) is 28.3 Å². The highest BCUT2D eigenvalue weighted by molar-refractivity contribution is 5.74. The van der Waals surface area contributed by atoms with Gasteiger partial charge in [-0.15, -0.1) is 0 Å². The third-order valence-corrected chi connectivity index (χ3v) is 5.84. The standard InChI is InChI=1S/C28H20N2O2/c1-2-8-20(9-3-1)14-15-21-16-18-28(19-17-21,26-29-22-10-4-6-12-24(22)31-26)27-30-23-11-5-7-13-25(23)32-27/h1-18H,19H2. The summed E-state index contributed by atoms with van der Waals surface area (Å²) in [5, 5.41) is 0. The van der Waals surface area contributed by atoms with Gasteiger partial charge in [-0.05, 0) is 41.8 Å². The summed E-state index contributed by atoms with van der Waals surface area (Å²) in [5.74, 6) is 1.17. The maximum absolute atomic E-state index is 6.22. The van der Waals surface area contributed by atoms with Gasteiger partial charge in [0.2, 0.25) is 11.8 Å². The molecule has 0 saturated heterocycles. The molecule has 5 aromatic rings. The lowest BCUT2D eigenvalue weighted by Gasteiger charge is -2.25. The van der Waals surface area contributed by atoms with E-state index in [1.807, 2.05) is 66.7 Å². The molecule has 6 rings (SSSR count). The molecule has 0 fully saturated rings. The van der Waals surface area contributed by atoms with Gasteiger partial charge in [-0.1, -0.05) is 85.0 Å². The number of nitrogens with zero attached hydrogens (tertiary/aromatic N) is 2. The Morgan fingerprint density at radius 1 is 0.688 bits per heavy atom. The van der Waals surface area contributed by atoms with E-state index in [9.17, 15) is 0 Å². The van der Waals surface area contributed by atoms with E-state index in [0.717, 1.165) is 33.3 Å². The van der Waals surface area contributed by atoms with Crippen LogP contribution in [-0.4, -0.2) is 9.97 Å². The minimum absolute atomic E-state index is 0.587. The summed E-state index contributed by atoms with van der Waals surface area (Å²) >= 11 is 0. The first-order chi connectivity index (χ1) is 15.8. The molecule has 0 bridgehead atoms. The van der Waals surface area contributed by atoms with Crippen LogP contribution in [-0.2, 0) is 5.41 Å². The Labute approximate surface area is 185 Å². The van der Waals surface area contributed by atoms with Crippen molar-refractivity contribution in [3.8, 4) is 0 Å². The van der Waals surface area contributed by atoms with Gasteiger partial charge in [0.25, 0.3) is 0 Å². The molecule has 4 heteroatoms. The molecular weight excluding hydrogens is 396 g/mol. The Morgan fingerprint density at radius 2 is 1.28 bits per heavy atom. The molecular formula is C28H20N2O2. The molecule has 0 unspecified atom stereocenters. The van der Waals surface area contributed by atoms with Crippen LogP contribution in [0.5, 0.6) is 0 Å². The third kappa shape index (κ3) is 3.17. The molecule has 4 nitrogen and oxygen atoms in total. The summed E-state index contributed by atoms with van der Waals surface area (Å²) in [6.07, 6.45) is 11.2. The number of aromatic nitrogens is 2. The van der Waals surface area contributed by atoms with E-state index in [0.29, 0.717) is 18.2 Å². The van der Waals surface area contributed by atoms with Gasteiger partial charge in [-0.3, -0.25) is 0 Å². The smallest absolute Gasteiger partial charge is 0.215 e. The SMILES string of the molecule is C(=Cc1ccccc1)C1=CCC(c2nc3ccccc3o2)(c2nc3ccccc3o2)C=C1. The van der Waals surface area contributed by atoms with Crippen molar-refractivity contribution in [2.45, 2.75) is 11.8 Å². The Hall–Kier alpha value is -4.18. The number of para-hydroxylation sites is 4. The number of hydrogen-bond donors (Lipinski definition) is 0. The van der Waals surface area contributed by atoms with Crippen molar-refractivity contribution in [2.75, 3.05) is 0 Å². The van der Waals surface area contributed by atoms with Gasteiger partial charge >= 0.3 is 0 Å². The molecule has 0 spiro atoms. The zero-order valence-corrected chi connectivity index (χ0v) is 17.3. The van der Waals surface area contributed by atoms with Crippen LogP contribution < -0.4 is 0 Å². The summed E-state index contributed by atoms with van der Waals surface area (Å²) in [5.41, 5.74) is 4.74. The molecule has 2 aromatic heterocycles. The van der Waals surface area contributed by atoms with Gasteiger partial charge in [0.15, 0.2) is 11.2 Å². The summed E-state index contributed by atoms with van der Waals surface area (Å²) < 4.78 is 12.4. The Bertz CT molecular complexity index is 1360. The maximum atomic E-state index is 6.22. The van der Waals surface area contributed by atoms with Gasteiger partial charge in [-0.25, -0.2) is 9.97 Å². The lowest BCUT2D eigenvalue weighted by Crippen LogP contribution is -2.27. The monoisotopic (exact) mass is 416 g/mol. The van der Waals surface area contributed by atoms with Crippen molar-refractivity contribution in [3.05, 3.63) is 126 Å². The highest BCUT2D eigenvalue weighted by Gasteiger charge is 2.42. The van der Waals surface area contributed by atoms with Crippen molar-refractivity contribution in [1.29, 1.82) is 0 Å². The predicted octanol–water partition coefficient (Wildman–Crippen LogP) is 6.85. The number of hydrogen-bond acceptors (Lipinski definition) is 4. The molecule has 2 heterocycles. The summed E-state index contributed by atoms with van der Waals surface area (Å²) in [6.45, 7) is 0. The summed E-state index contributed by atoms with van der Waals surface area (Å²) in [6, 6.07) is 25.9. The number of allylic oxidation sites excluding steroid dienone is 5. The molecule has 0 atom stereocenters. The van der Waals surface area contributed by atoms with Gasteiger partial charge in [0.05, 0.1) is 0 Å². The second-order valence-electron chi connectivity index (χ2n) is 7.93. The fraction of sp³-hybridized carbons (Fsp3) is 0.0714. The van der Waals surface area contributed by atoms with E-state index in [4.69, 9.17) is 18.8 Å². The quantitative estimate of drug-likeness (QED) is 0.321. The molecule has 1 aliphatic carbocycles. The Balaban J connectivity index is 1.43. The maximum Gasteiger partial charge on any atom is 0.215 e. The molecule has 0 aliphatic heterocycles. The van der Waals surface area contributed by atoms with E-state index in [1.54, 1.807) is 0 Å². The molecule has 0 amide bonds. The van der Waals surface area contributed by atoms with Gasteiger partial charge < -0.3 is 8.83 Å². The second-order valence-corrected chi connectivity index (χ2v) is 7.93. The van der Waals surface area contributed by atoms with E-state index >= 15 is 0 Å². The fourth-order valence-electron chi connectivity index (χ4n) is 4.07. The summed E-state index contributed by atoms with van der Waals surface area (Å²) in [7, 11) is 0. The van der Waals surface area contributed by atoms with E-state index < -0.39 is 5.41 Å². The van der Waals surface area contributed by atoms with Crippen LogP contribution in [0, 0.1) is 0 Å². The number of benzene rings is 3. The molecule has 3 aromatic carbocycles. The molecule has 154 valence electrons. The van der Waals surface area contributed by atoms with E-state index in [1.165, 1.54) is 0 Å². The van der Waals surface area contributed by atoms with E-state index in [2.05, 4.69) is 42.5 Å². The first-order valence-corrected chi connectivity index (χ1v) is 10.6. The van der Waals surface area contributed by atoms with Crippen LogP contribution in [0.2, 0.25) is 0 Å². The highest BCUT2D eigenvalue weighted by Crippen LogP contribution is 2.42. The molecule has 0 saturated carbocycles. The topological polar surface area (TPSA) is 52.1 Å². The van der Waals surface area contributed by atoms with Crippen molar-refractivity contribution in [1.82, 2.24) is 9.97 Å². The number of oxazole rings is 2. The molecule has 0 radical (unpaired) electrons. The normalized spacial score (nSPS) is 15.6. The number of rotatable bonds is 4. The zero-order chi connectivity index (χ0) is 21.4. The van der Waals surface area contributed by atoms with Crippen LogP contribution in [0.4, 0.5) is 0 Å². The average molecular weight is 416 g/mol. The van der Waals surface area contributed by atoms with Crippen molar-refractivity contribution in [2.24, 2.45) is 0 Å². The third-order valence-electron chi connectivity index (χ3n) is 5.84. The van der Waals surface area contributed by atoms with Gasteiger partial charge in [-0.2, -0.15) is 0 Å². The lowest BCUT2D eigenvalue weighted by atomic mass is 9.79. The summed E-state index contributed by atoms with van der Waals surface area (Å²) in [4.78, 5) is 9.62. The largest absolute Gasteiger partial charge is 0.439 e. The minimum Gasteiger partial charge on any atom is -0.439 e. The van der Waals surface area contributed by atoms with Crippen molar-refractivity contribution >= 4 is 28.3 Å². The fourth-order valence-corrected chi connectivity index (χ4v) is 4.07. The second kappa shape index (κ2) is 7.50. The van der Waals surface area contributed by atoms with Gasteiger partial charge in [0, 0.05) is 0 Å². The zero-order valence-electron chi connectivity index (χ0n) is 17.3. The van der Waals surface area contributed by atoms with Crippen molar-refractivity contribution < 1.29 is 8.83 Å². The minimum atomic E-state index is -0.706. The van der Waals surface area contributed by atoms with Crippen LogP contribution in [0.3, 0.4) is 0 Å². The number of fused-ring (bicyclic) bond motifs is 2. The van der Waals surface area contributed by atoms with E-state index in [-0.39, 0.29) is 0 Å². The van der Waals surface area contributed by atoms with Crippen LogP contribution in [0.15, 0.2) is 118 Å². The van der Waals surface area contributed by atoms with Crippen LogP contribution in [0.1, 0.15) is 23.8 Å². The lowest BCUT2D eigenvalue weighted by molar-refractivity contribution is 0.368. The van der Waals surface area contributed by atoms with Crippen LogP contribution >= 0.6 is 0 Å². The Morgan fingerprint density at radius 3 is 1.84 bits per heavy atom. The molecule has 0 N–H and O–H groups in total. The Kier molecular flexibility index (Phi) is 4.36. The van der Waals surface area contributed by atoms with Gasteiger partial charge in [0.1, 0.15) is 16.4 Å². The first-order valence-electron chi connectivity index (χ1n) is 10.6. The average Bonchev–Trinajstić information content (AvgIpc) is 3.49. The van der Waals surface area contributed by atoms with Crippen molar-refractivity contribution in [3.63, 3.8) is 0 Å². The molecule has 1 aliphatic rings. The predicted molar refractivity (Wildman–Crippen MR) is 126 cm³/mol. The molecule has 32 heavy (non-hydrogen) atoms.